The van der Waals surface area contributed by atoms with Gasteiger partial charge >= 0.3 is 0 Å². The average molecular weight is 423 g/mol. The van der Waals surface area contributed by atoms with Gasteiger partial charge in [0.2, 0.25) is 5.95 Å². The van der Waals surface area contributed by atoms with Crippen molar-refractivity contribution in [3.8, 4) is 16.9 Å². The molecule has 3 aromatic rings. The molecule has 1 amide bonds. The fraction of sp³-hybridized carbons (Fsp3) is 0.261. The molecule has 1 saturated heterocycles. The number of rotatable bonds is 5. The Hall–Kier alpha value is -3.12. The van der Waals surface area contributed by atoms with Crippen LogP contribution in [-0.4, -0.2) is 33.9 Å². The van der Waals surface area contributed by atoms with Gasteiger partial charge in [0.1, 0.15) is 5.75 Å². The number of anilines is 1. The predicted molar refractivity (Wildman–Crippen MR) is 117 cm³/mol. The topological polar surface area (TPSA) is 81.3 Å². The Morgan fingerprint density at radius 3 is 2.67 bits per heavy atom. The number of para-hydroxylation sites is 1. The largest absolute Gasteiger partial charge is 0.484 e. The summed E-state index contributed by atoms with van der Waals surface area (Å²) in [5.41, 5.74) is 8.48. The number of nitrogens with zero attached hydrogens (tertiary/aromatic N) is 3. The Morgan fingerprint density at radius 1 is 1.13 bits per heavy atom. The minimum absolute atomic E-state index is 0.0165. The molecule has 2 aromatic carbocycles. The number of amides is 1. The van der Waals surface area contributed by atoms with Gasteiger partial charge in [-0.15, -0.1) is 0 Å². The van der Waals surface area contributed by atoms with Gasteiger partial charge in [0.25, 0.3) is 5.91 Å². The molecule has 1 atom stereocenters. The van der Waals surface area contributed by atoms with E-state index in [0.29, 0.717) is 17.3 Å². The number of nitrogen functional groups attached to an aromatic ring is 1. The number of halogens is 1. The molecule has 30 heavy (non-hydrogen) atoms. The molecule has 1 aliphatic rings. The number of piperidine rings is 1. The van der Waals surface area contributed by atoms with Crippen LogP contribution in [0.3, 0.4) is 0 Å². The summed E-state index contributed by atoms with van der Waals surface area (Å²) in [6.45, 7) is 0.642. The molecule has 7 heteroatoms. The molecule has 154 valence electrons. The van der Waals surface area contributed by atoms with Crippen LogP contribution in [-0.2, 0) is 4.79 Å². The lowest BCUT2D eigenvalue weighted by Crippen LogP contribution is -2.41. The second kappa shape index (κ2) is 9.13. The van der Waals surface area contributed by atoms with Crippen LogP contribution in [0, 0.1) is 0 Å². The first-order chi connectivity index (χ1) is 14.6. The number of aromatic nitrogens is 2. The Bertz CT molecular complexity index is 1010. The second-order valence-electron chi connectivity index (χ2n) is 7.23. The first-order valence-electron chi connectivity index (χ1n) is 9.97. The molecule has 4 rings (SSSR count). The Labute approximate surface area is 180 Å². The number of carbonyl (C=O) groups is 1. The van der Waals surface area contributed by atoms with Crippen LogP contribution in [0.4, 0.5) is 5.95 Å². The Kier molecular flexibility index (Phi) is 6.14. The number of likely N-dealkylation sites (tertiary alicyclic amines) is 1. The number of carbonyl (C=O) groups excluding carboxylic acids is 1. The first kappa shape index (κ1) is 20.2. The fourth-order valence-electron chi connectivity index (χ4n) is 3.77. The number of hydrogen-bond acceptors (Lipinski definition) is 5. The molecule has 0 saturated carbocycles. The summed E-state index contributed by atoms with van der Waals surface area (Å²) in [4.78, 5) is 23.6. The fourth-order valence-corrected chi connectivity index (χ4v) is 3.90. The highest BCUT2D eigenvalue weighted by Gasteiger charge is 2.31. The molecule has 1 aromatic heterocycles. The van der Waals surface area contributed by atoms with Crippen LogP contribution < -0.4 is 10.5 Å². The van der Waals surface area contributed by atoms with Gasteiger partial charge in [-0.2, -0.15) is 0 Å². The van der Waals surface area contributed by atoms with Crippen molar-refractivity contribution in [2.45, 2.75) is 25.3 Å². The molecular weight excluding hydrogens is 400 g/mol. The lowest BCUT2D eigenvalue weighted by atomic mass is 9.94. The van der Waals surface area contributed by atoms with Gasteiger partial charge in [-0.25, -0.2) is 9.97 Å². The maximum absolute atomic E-state index is 13.0. The van der Waals surface area contributed by atoms with Crippen molar-refractivity contribution in [2.75, 3.05) is 18.9 Å². The van der Waals surface area contributed by atoms with E-state index in [4.69, 9.17) is 22.1 Å². The van der Waals surface area contributed by atoms with Gasteiger partial charge in [-0.1, -0.05) is 41.9 Å². The van der Waals surface area contributed by atoms with Crippen LogP contribution in [0.1, 0.15) is 31.0 Å². The molecule has 0 spiro atoms. The normalized spacial score (nSPS) is 16.3. The van der Waals surface area contributed by atoms with E-state index in [-0.39, 0.29) is 24.5 Å². The molecule has 1 fully saturated rings. The maximum Gasteiger partial charge on any atom is 0.261 e. The zero-order valence-corrected chi connectivity index (χ0v) is 17.3. The van der Waals surface area contributed by atoms with Crippen molar-refractivity contribution < 1.29 is 9.53 Å². The molecule has 0 bridgehead atoms. The van der Waals surface area contributed by atoms with E-state index < -0.39 is 0 Å². The zero-order chi connectivity index (χ0) is 20.9. The van der Waals surface area contributed by atoms with E-state index in [0.717, 1.165) is 36.1 Å². The molecule has 0 radical (unpaired) electrons. The third kappa shape index (κ3) is 4.54. The molecule has 1 unspecified atom stereocenters. The van der Waals surface area contributed by atoms with Crippen LogP contribution in [0.2, 0.25) is 5.02 Å². The number of hydrogen-bond donors (Lipinski definition) is 1. The average Bonchev–Trinajstić information content (AvgIpc) is 2.79. The van der Waals surface area contributed by atoms with Crippen molar-refractivity contribution in [2.24, 2.45) is 0 Å². The predicted octanol–water partition coefficient (Wildman–Crippen LogP) is 4.51. The second-order valence-corrected chi connectivity index (χ2v) is 7.67. The summed E-state index contributed by atoms with van der Waals surface area (Å²) in [6, 6.07) is 16.7. The van der Waals surface area contributed by atoms with Gasteiger partial charge < -0.3 is 15.4 Å². The quantitative estimate of drug-likeness (QED) is 0.654. The van der Waals surface area contributed by atoms with Crippen LogP contribution in [0.15, 0.2) is 60.8 Å². The lowest BCUT2D eigenvalue weighted by molar-refractivity contribution is -0.137. The van der Waals surface area contributed by atoms with Gasteiger partial charge in [-0.3, -0.25) is 4.79 Å². The molecular formula is C23H23ClN4O2. The van der Waals surface area contributed by atoms with E-state index in [2.05, 4.69) is 9.97 Å². The van der Waals surface area contributed by atoms with E-state index in [1.54, 1.807) is 6.20 Å². The van der Waals surface area contributed by atoms with Gasteiger partial charge in [-0.05, 0) is 49.1 Å². The van der Waals surface area contributed by atoms with Crippen molar-refractivity contribution in [3.63, 3.8) is 0 Å². The molecule has 1 aliphatic heterocycles. The smallest absolute Gasteiger partial charge is 0.261 e. The summed E-state index contributed by atoms with van der Waals surface area (Å²) in [6.07, 6.45) is 4.50. The highest BCUT2D eigenvalue weighted by Crippen LogP contribution is 2.36. The van der Waals surface area contributed by atoms with Crippen molar-refractivity contribution in [1.82, 2.24) is 14.9 Å². The van der Waals surface area contributed by atoms with Crippen LogP contribution >= 0.6 is 11.6 Å². The highest BCUT2D eigenvalue weighted by atomic mass is 35.5. The Morgan fingerprint density at radius 2 is 1.90 bits per heavy atom. The van der Waals surface area contributed by atoms with Gasteiger partial charge in [0, 0.05) is 23.3 Å². The van der Waals surface area contributed by atoms with Gasteiger partial charge in [0.05, 0.1) is 11.7 Å². The first-order valence-corrected chi connectivity index (χ1v) is 10.4. The lowest BCUT2D eigenvalue weighted by Gasteiger charge is -2.36. The summed E-state index contributed by atoms with van der Waals surface area (Å²) < 4.78 is 5.69. The third-order valence-electron chi connectivity index (χ3n) is 5.24. The van der Waals surface area contributed by atoms with Crippen molar-refractivity contribution in [1.29, 1.82) is 0 Å². The SMILES string of the molecule is Nc1ncc(-c2ccc(Cl)cc2)c(C2CCCCN2C(=O)COc2ccccc2)n1. The monoisotopic (exact) mass is 422 g/mol. The summed E-state index contributed by atoms with van der Waals surface area (Å²) in [5.74, 6) is 0.802. The molecule has 0 aliphatic carbocycles. The Balaban J connectivity index is 1.61. The number of benzene rings is 2. The van der Waals surface area contributed by atoms with Crippen molar-refractivity contribution in [3.05, 3.63) is 71.5 Å². The standard InChI is InChI=1S/C23H23ClN4O2/c24-17-11-9-16(10-12-17)19-14-26-23(25)27-22(19)20-8-4-5-13-28(20)21(29)15-30-18-6-2-1-3-7-18/h1-3,6-7,9-12,14,20H,4-5,8,13,15H2,(H2,25,26,27). The number of ether oxygens (including phenoxy) is 1. The number of nitrogens with two attached hydrogens (primary N) is 1. The summed E-state index contributed by atoms with van der Waals surface area (Å²) in [5, 5.41) is 0.657. The third-order valence-corrected chi connectivity index (χ3v) is 5.49. The molecule has 2 N–H and O–H groups in total. The van der Waals surface area contributed by atoms with Crippen LogP contribution in [0.25, 0.3) is 11.1 Å². The minimum atomic E-state index is -0.179. The molecule has 6 nitrogen and oxygen atoms in total. The maximum atomic E-state index is 13.0. The van der Waals surface area contributed by atoms with Crippen LogP contribution in [0.5, 0.6) is 5.75 Å². The zero-order valence-electron chi connectivity index (χ0n) is 16.5. The highest BCUT2D eigenvalue weighted by molar-refractivity contribution is 6.30. The van der Waals surface area contributed by atoms with E-state index >= 15 is 0 Å². The van der Waals surface area contributed by atoms with E-state index in [9.17, 15) is 4.79 Å². The van der Waals surface area contributed by atoms with Gasteiger partial charge in [0.15, 0.2) is 6.61 Å². The summed E-state index contributed by atoms with van der Waals surface area (Å²) >= 11 is 6.04. The van der Waals surface area contributed by atoms with Crippen molar-refractivity contribution >= 4 is 23.5 Å². The summed E-state index contributed by atoms with van der Waals surface area (Å²) in [7, 11) is 0. The van der Waals surface area contributed by atoms with E-state index in [1.807, 2.05) is 59.5 Å². The molecule has 2 heterocycles. The van der Waals surface area contributed by atoms with E-state index in [1.165, 1.54) is 0 Å². The minimum Gasteiger partial charge on any atom is -0.484 e.